The second-order valence-electron chi connectivity index (χ2n) is 13.7. The topological polar surface area (TPSA) is 43.6 Å². The fourth-order valence-electron chi connectivity index (χ4n) is 7.90. The fraction of sp³-hybridized carbons (Fsp3) is 0.0652. The van der Waals surface area contributed by atoms with Crippen LogP contribution in [0.3, 0.4) is 0 Å². The Kier molecular flexibility index (Phi) is 6.19. The summed E-state index contributed by atoms with van der Waals surface area (Å²) in [7, 11) is 0. The number of hydrogen-bond donors (Lipinski definition) is 0. The largest absolute Gasteiger partial charge is 0.278 e. The Morgan fingerprint density at radius 3 is 1.70 bits per heavy atom. The molecule has 50 heavy (non-hydrogen) atoms. The van der Waals surface area contributed by atoms with E-state index in [-0.39, 0.29) is 5.41 Å². The minimum atomic E-state index is -0.0232. The van der Waals surface area contributed by atoms with Crippen molar-refractivity contribution in [1.29, 1.82) is 0 Å². The lowest BCUT2D eigenvalue weighted by Crippen LogP contribution is -2.14. The number of rotatable bonds is 4. The standard InChI is InChI=1S/C46H32N4/c1-46(2)39-20-12-11-19-35(39)36-25-33(21-23-40(36)46)34-22-24-41-37(27-34)38-26-31-17-9-10-18-32(31)28-42(38)50(41)45-48-43(29-13-5-3-6-14-29)47-44(49-45)30-15-7-4-8-16-30/h3-28H,1-2H3. The Hall–Kier alpha value is -6.39. The maximum absolute atomic E-state index is 5.15. The predicted molar refractivity (Wildman–Crippen MR) is 206 cm³/mol. The number of aromatic nitrogens is 4. The van der Waals surface area contributed by atoms with Gasteiger partial charge >= 0.3 is 0 Å². The maximum atomic E-state index is 5.15. The van der Waals surface area contributed by atoms with E-state index in [4.69, 9.17) is 15.0 Å². The third-order valence-electron chi connectivity index (χ3n) is 10.4. The van der Waals surface area contributed by atoms with Gasteiger partial charge in [-0.15, -0.1) is 0 Å². The Bertz CT molecular complexity index is 2720. The molecule has 7 aromatic carbocycles. The highest BCUT2D eigenvalue weighted by atomic mass is 15.2. The van der Waals surface area contributed by atoms with Gasteiger partial charge in [0.2, 0.25) is 5.95 Å². The molecule has 0 N–H and O–H groups in total. The number of benzene rings is 7. The van der Waals surface area contributed by atoms with Crippen LogP contribution >= 0.6 is 0 Å². The zero-order valence-corrected chi connectivity index (χ0v) is 27.8. The molecule has 0 atom stereocenters. The maximum Gasteiger partial charge on any atom is 0.238 e. The first-order valence-corrected chi connectivity index (χ1v) is 17.1. The highest BCUT2D eigenvalue weighted by Crippen LogP contribution is 2.49. The lowest BCUT2D eigenvalue weighted by molar-refractivity contribution is 0.660. The molecule has 2 heterocycles. The van der Waals surface area contributed by atoms with Gasteiger partial charge in [-0.25, -0.2) is 4.98 Å². The number of hydrogen-bond acceptors (Lipinski definition) is 3. The Labute approximate surface area is 290 Å². The van der Waals surface area contributed by atoms with Gasteiger partial charge < -0.3 is 0 Å². The molecule has 10 rings (SSSR count). The summed E-state index contributed by atoms with van der Waals surface area (Å²) < 4.78 is 2.21. The van der Waals surface area contributed by atoms with Crippen molar-refractivity contribution >= 4 is 32.6 Å². The normalized spacial score (nSPS) is 13.2. The van der Waals surface area contributed by atoms with Gasteiger partial charge in [0, 0.05) is 27.3 Å². The summed E-state index contributed by atoms with van der Waals surface area (Å²) in [5.74, 6) is 1.88. The SMILES string of the molecule is CC1(C)c2ccccc2-c2cc(-c3ccc4c(c3)c3cc5ccccc5cc3n4-c3nc(-c4ccccc4)nc(-c4ccccc4)n3)ccc21. The first-order chi connectivity index (χ1) is 24.5. The quantitative estimate of drug-likeness (QED) is 0.192. The van der Waals surface area contributed by atoms with E-state index in [1.807, 2.05) is 36.4 Å². The van der Waals surface area contributed by atoms with Crippen LogP contribution in [0.4, 0.5) is 0 Å². The van der Waals surface area contributed by atoms with Crippen molar-refractivity contribution in [2.45, 2.75) is 19.3 Å². The van der Waals surface area contributed by atoms with Crippen LogP contribution in [0.2, 0.25) is 0 Å². The van der Waals surface area contributed by atoms with Crippen LogP contribution in [-0.4, -0.2) is 19.5 Å². The first-order valence-electron chi connectivity index (χ1n) is 17.1. The Morgan fingerprint density at radius 2 is 0.980 bits per heavy atom. The van der Waals surface area contributed by atoms with Crippen molar-refractivity contribution in [3.8, 4) is 51.0 Å². The summed E-state index contributed by atoms with van der Waals surface area (Å²) in [6.07, 6.45) is 0. The van der Waals surface area contributed by atoms with E-state index >= 15 is 0 Å². The van der Waals surface area contributed by atoms with Gasteiger partial charge in [-0.3, -0.25) is 4.57 Å². The third kappa shape index (κ3) is 4.35. The van der Waals surface area contributed by atoms with Gasteiger partial charge in [-0.2, -0.15) is 9.97 Å². The third-order valence-corrected chi connectivity index (χ3v) is 10.4. The molecule has 0 spiro atoms. The number of fused-ring (bicyclic) bond motifs is 7. The fourth-order valence-corrected chi connectivity index (χ4v) is 7.90. The van der Waals surface area contributed by atoms with Gasteiger partial charge in [-0.05, 0) is 74.5 Å². The molecular formula is C46H32N4. The van der Waals surface area contributed by atoms with Crippen LogP contribution in [0.5, 0.6) is 0 Å². The average Bonchev–Trinajstić information content (AvgIpc) is 3.61. The minimum Gasteiger partial charge on any atom is -0.278 e. The van der Waals surface area contributed by atoms with Gasteiger partial charge in [0.1, 0.15) is 0 Å². The van der Waals surface area contributed by atoms with E-state index in [2.05, 4.69) is 140 Å². The van der Waals surface area contributed by atoms with Gasteiger partial charge in [0.05, 0.1) is 11.0 Å². The average molecular weight is 641 g/mol. The van der Waals surface area contributed by atoms with E-state index in [1.54, 1.807) is 0 Å². The summed E-state index contributed by atoms with van der Waals surface area (Å²) >= 11 is 0. The van der Waals surface area contributed by atoms with Crippen molar-refractivity contribution in [2.24, 2.45) is 0 Å². The molecule has 0 saturated heterocycles. The molecule has 1 aliphatic carbocycles. The van der Waals surface area contributed by atoms with Crippen molar-refractivity contribution in [1.82, 2.24) is 19.5 Å². The summed E-state index contributed by atoms with van der Waals surface area (Å²) in [5, 5.41) is 4.69. The van der Waals surface area contributed by atoms with Crippen LogP contribution in [-0.2, 0) is 5.41 Å². The molecule has 0 radical (unpaired) electrons. The predicted octanol–water partition coefficient (Wildman–Crippen LogP) is 11.4. The van der Waals surface area contributed by atoms with Gasteiger partial charge in [-0.1, -0.05) is 141 Å². The van der Waals surface area contributed by atoms with E-state index in [0.717, 1.165) is 32.9 Å². The molecule has 0 saturated carbocycles. The van der Waals surface area contributed by atoms with E-state index < -0.39 is 0 Å². The molecule has 4 nitrogen and oxygen atoms in total. The van der Waals surface area contributed by atoms with E-state index in [1.165, 1.54) is 44.2 Å². The van der Waals surface area contributed by atoms with Crippen LogP contribution in [0.1, 0.15) is 25.0 Å². The molecule has 0 bridgehead atoms. The second kappa shape index (κ2) is 10.8. The van der Waals surface area contributed by atoms with Crippen LogP contribution in [0.25, 0.3) is 83.6 Å². The van der Waals surface area contributed by atoms with Gasteiger partial charge in [0.15, 0.2) is 11.6 Å². The van der Waals surface area contributed by atoms with Crippen molar-refractivity contribution in [3.63, 3.8) is 0 Å². The lowest BCUT2D eigenvalue weighted by Gasteiger charge is -2.21. The zero-order chi connectivity index (χ0) is 33.4. The van der Waals surface area contributed by atoms with Crippen LogP contribution in [0, 0.1) is 0 Å². The summed E-state index contributed by atoms with van der Waals surface area (Å²) in [4.78, 5) is 15.3. The lowest BCUT2D eigenvalue weighted by atomic mass is 9.82. The van der Waals surface area contributed by atoms with Crippen molar-refractivity contribution in [2.75, 3.05) is 0 Å². The molecule has 2 aromatic heterocycles. The summed E-state index contributed by atoms with van der Waals surface area (Å²) in [6, 6.07) is 56.1. The monoisotopic (exact) mass is 640 g/mol. The molecule has 236 valence electrons. The van der Waals surface area contributed by atoms with E-state index in [0.29, 0.717) is 17.6 Å². The molecule has 0 fully saturated rings. The minimum absolute atomic E-state index is 0.0232. The molecule has 0 amide bonds. The summed E-state index contributed by atoms with van der Waals surface area (Å²) in [6.45, 7) is 4.66. The van der Waals surface area contributed by atoms with Crippen LogP contribution < -0.4 is 0 Å². The van der Waals surface area contributed by atoms with E-state index in [9.17, 15) is 0 Å². The summed E-state index contributed by atoms with van der Waals surface area (Å²) in [5.41, 5.74) is 11.8. The van der Waals surface area contributed by atoms with Gasteiger partial charge in [0.25, 0.3) is 0 Å². The highest BCUT2D eigenvalue weighted by molar-refractivity contribution is 6.14. The zero-order valence-electron chi connectivity index (χ0n) is 27.8. The second-order valence-corrected chi connectivity index (χ2v) is 13.7. The molecular weight excluding hydrogens is 609 g/mol. The highest BCUT2D eigenvalue weighted by Gasteiger charge is 2.35. The molecule has 0 aliphatic heterocycles. The van der Waals surface area contributed by atoms with Crippen molar-refractivity contribution < 1.29 is 0 Å². The Morgan fingerprint density at radius 1 is 0.420 bits per heavy atom. The molecule has 0 unspecified atom stereocenters. The smallest absolute Gasteiger partial charge is 0.238 e. The molecule has 4 heteroatoms. The first kappa shape index (κ1) is 28.6. The Balaban J connectivity index is 1.23. The molecule has 1 aliphatic rings. The van der Waals surface area contributed by atoms with Crippen molar-refractivity contribution in [3.05, 3.63) is 169 Å². The molecule has 9 aromatic rings. The number of nitrogens with zero attached hydrogens (tertiary/aromatic N) is 4. The van der Waals surface area contributed by atoms with Crippen LogP contribution in [0.15, 0.2) is 158 Å².